The molecule has 0 fully saturated rings. The second-order valence-corrected chi connectivity index (χ2v) is 1.42. The molecule has 3 nitrogen and oxygen atoms in total. The summed E-state index contributed by atoms with van der Waals surface area (Å²) in [5.74, 6) is 0. The first-order valence-corrected chi connectivity index (χ1v) is 2.25. The van der Waals surface area contributed by atoms with Crippen molar-refractivity contribution >= 4 is 35.2 Å². The minimum Gasteiger partial charge on any atom is -0.299 e. The second kappa shape index (κ2) is 6.06. The summed E-state index contributed by atoms with van der Waals surface area (Å²) in [5.41, 5.74) is 0. The maximum absolute atomic E-state index is 10.4. The van der Waals surface area contributed by atoms with E-state index >= 15 is 0 Å². The van der Waals surface area contributed by atoms with Crippen LogP contribution >= 0.6 is 7.91 Å². The topological polar surface area (TPSA) is 57.5 Å². The first-order chi connectivity index (χ1) is 2.00. The summed E-state index contributed by atoms with van der Waals surface area (Å²) in [6.07, 6.45) is 0. The van der Waals surface area contributed by atoms with Crippen LogP contribution in [0.15, 0.2) is 0 Å². The van der Waals surface area contributed by atoms with E-state index in [0.717, 1.165) is 0 Å². The Kier molecular flexibility index (Phi) is 13.8. The summed E-state index contributed by atoms with van der Waals surface area (Å²) < 4.78 is 19.0. The van der Waals surface area contributed by atoms with E-state index in [1.54, 1.807) is 0 Å². The van der Waals surface area contributed by atoms with Crippen LogP contribution in [0.3, 0.4) is 0 Å². The van der Waals surface area contributed by atoms with Gasteiger partial charge in [0.25, 0.3) is 0 Å². The van der Waals surface area contributed by atoms with E-state index in [1.807, 2.05) is 0 Å². The van der Waals surface area contributed by atoms with Gasteiger partial charge in [-0.2, -0.15) is 0 Å². The molecule has 0 aliphatic heterocycles. The third-order valence-corrected chi connectivity index (χ3v) is 0. The Morgan fingerprint density at radius 1 is 1.43 bits per heavy atom. The standard InChI is InChI=1S/FH2O3P.Hg.Tl/c1-5(2,3)4;;/h(H2,2,3,4);;. The molecule has 0 heterocycles. The van der Waals surface area contributed by atoms with Crippen molar-refractivity contribution in [1.82, 2.24) is 0 Å². The fourth-order valence-corrected chi connectivity index (χ4v) is 0. The molecule has 0 aromatic heterocycles. The number of hydrogen-bond acceptors (Lipinski definition) is 1. The SMILES string of the molecule is O=P(O)(O)F.[Hg].[Tl]. The predicted molar refractivity (Wildman–Crippen MR) is 18.9 cm³/mol. The summed E-state index contributed by atoms with van der Waals surface area (Å²) in [6, 6.07) is 0. The van der Waals surface area contributed by atoms with Gasteiger partial charge in [0, 0.05) is 55.0 Å². The summed E-state index contributed by atoms with van der Waals surface area (Å²) >= 11 is 0. The van der Waals surface area contributed by atoms with E-state index in [4.69, 9.17) is 14.4 Å². The van der Waals surface area contributed by atoms with Crippen LogP contribution in [-0.4, -0.2) is 37.1 Å². The van der Waals surface area contributed by atoms with Crippen molar-refractivity contribution in [2.75, 3.05) is 0 Å². The van der Waals surface area contributed by atoms with Gasteiger partial charge in [0.05, 0.1) is 0 Å². The molecule has 0 bridgehead atoms. The average Bonchev–Trinajstić information content (AvgIpc) is 0.722. The van der Waals surface area contributed by atoms with Crippen molar-refractivity contribution in [3.63, 3.8) is 0 Å². The van der Waals surface area contributed by atoms with E-state index in [0.29, 0.717) is 0 Å². The van der Waals surface area contributed by atoms with E-state index < -0.39 is 7.91 Å². The molecule has 1 radical (unpaired) electrons. The molecule has 0 amide bonds. The van der Waals surface area contributed by atoms with E-state index in [9.17, 15) is 4.20 Å². The molecule has 0 aromatic carbocycles. The molecule has 0 spiro atoms. The molecule has 0 saturated carbocycles. The van der Waals surface area contributed by atoms with Gasteiger partial charge < -0.3 is 0 Å². The molecular formula is H2FHgO3PTl. The van der Waals surface area contributed by atoms with Crippen LogP contribution in [-0.2, 0) is 32.2 Å². The zero-order chi connectivity index (χ0) is 4.50. The molecule has 0 aliphatic rings. The zero-order valence-corrected chi connectivity index (χ0v) is 14.3. The fourth-order valence-electron chi connectivity index (χ4n) is 0. The Hall–Kier alpha value is 1.94. The first-order valence-electron chi connectivity index (χ1n) is 0.752. The Bertz CT molecular complexity index is 61.1. The van der Waals surface area contributed by atoms with Gasteiger partial charge in [0.1, 0.15) is 0 Å². The van der Waals surface area contributed by atoms with E-state index in [-0.39, 0.29) is 55.0 Å². The van der Waals surface area contributed by atoms with Gasteiger partial charge in [-0.25, -0.2) is 4.57 Å². The first kappa shape index (κ1) is 16.0. The number of rotatable bonds is 0. The van der Waals surface area contributed by atoms with Gasteiger partial charge in [-0.3, -0.25) is 9.79 Å². The molecule has 0 rings (SSSR count). The Morgan fingerprint density at radius 2 is 1.43 bits per heavy atom. The van der Waals surface area contributed by atoms with Gasteiger partial charge in [-0.1, -0.05) is 0 Å². The maximum Gasteiger partial charge on any atom is 0.507 e. The average molecular weight is 505 g/mol. The number of hydrogen-bond donors (Lipinski definition) is 2. The van der Waals surface area contributed by atoms with Crippen LogP contribution in [0.1, 0.15) is 0 Å². The molecule has 7 heavy (non-hydrogen) atoms. The van der Waals surface area contributed by atoms with Gasteiger partial charge in [0.15, 0.2) is 0 Å². The fraction of sp³-hybridized carbons (Fsp3) is 0. The zero-order valence-electron chi connectivity index (χ0n) is 3.41. The maximum atomic E-state index is 10.4. The van der Waals surface area contributed by atoms with E-state index in [1.165, 1.54) is 0 Å². The van der Waals surface area contributed by atoms with Gasteiger partial charge >= 0.3 is 7.91 Å². The normalized spacial score (nSPS) is 8.43. The number of halogens is 1. The molecule has 2 N–H and O–H groups in total. The van der Waals surface area contributed by atoms with Crippen LogP contribution < -0.4 is 0 Å². The van der Waals surface area contributed by atoms with Crippen molar-refractivity contribution in [2.45, 2.75) is 0 Å². The van der Waals surface area contributed by atoms with Crippen LogP contribution in [0, 0.1) is 0 Å². The summed E-state index contributed by atoms with van der Waals surface area (Å²) in [6.45, 7) is 0. The van der Waals surface area contributed by atoms with Crippen LogP contribution in [0.2, 0.25) is 0 Å². The second-order valence-electron chi connectivity index (χ2n) is 0.473. The van der Waals surface area contributed by atoms with Crippen LogP contribution in [0.4, 0.5) is 4.20 Å². The third-order valence-electron chi connectivity index (χ3n) is 0. The minimum atomic E-state index is -5.14. The van der Waals surface area contributed by atoms with Crippen molar-refractivity contribution in [1.29, 1.82) is 0 Å². The van der Waals surface area contributed by atoms with Crippen molar-refractivity contribution in [3.8, 4) is 0 Å². The molecular weight excluding hydrogens is 503 g/mol. The Morgan fingerprint density at radius 3 is 1.43 bits per heavy atom. The summed E-state index contributed by atoms with van der Waals surface area (Å²) in [7, 11) is -5.14. The smallest absolute Gasteiger partial charge is 0.299 e. The minimum absolute atomic E-state index is 0. The third kappa shape index (κ3) is 74.6. The summed E-state index contributed by atoms with van der Waals surface area (Å²) in [4.78, 5) is 13.9. The molecule has 0 atom stereocenters. The Labute approximate surface area is 80.6 Å². The largest absolute Gasteiger partial charge is 0.507 e. The van der Waals surface area contributed by atoms with Crippen LogP contribution in [0.25, 0.3) is 0 Å². The quantitative estimate of drug-likeness (QED) is 0.351. The molecule has 37 valence electrons. The summed E-state index contributed by atoms with van der Waals surface area (Å²) in [5, 5.41) is 0. The van der Waals surface area contributed by atoms with Crippen LogP contribution in [0.5, 0.6) is 0 Å². The molecule has 0 aliphatic carbocycles. The predicted octanol–water partition coefficient (Wildman–Crippen LogP) is -0.335. The van der Waals surface area contributed by atoms with Gasteiger partial charge in [-0.15, -0.1) is 4.20 Å². The molecule has 7 heteroatoms. The molecule has 0 saturated heterocycles. The Balaban J connectivity index is -0.0000000800. The van der Waals surface area contributed by atoms with Crippen molar-refractivity contribution in [3.05, 3.63) is 0 Å². The molecule has 0 aromatic rings. The van der Waals surface area contributed by atoms with Crippen molar-refractivity contribution in [2.24, 2.45) is 0 Å². The monoisotopic (exact) mass is 507 g/mol. The van der Waals surface area contributed by atoms with E-state index in [2.05, 4.69) is 0 Å². The van der Waals surface area contributed by atoms with Gasteiger partial charge in [-0.05, 0) is 0 Å². The van der Waals surface area contributed by atoms with Crippen molar-refractivity contribution < 1.29 is 46.2 Å². The molecule has 0 unspecified atom stereocenters. The van der Waals surface area contributed by atoms with Gasteiger partial charge in [0.2, 0.25) is 0 Å².